The van der Waals surface area contributed by atoms with Gasteiger partial charge in [-0.3, -0.25) is 0 Å². The second-order valence-electron chi connectivity index (χ2n) is 4.19. The Morgan fingerprint density at radius 1 is 1.44 bits per heavy atom. The second kappa shape index (κ2) is 4.89. The number of carboxylic acid groups (broad SMARTS) is 1. The van der Waals surface area contributed by atoms with Crippen molar-refractivity contribution in [3.63, 3.8) is 0 Å². The first-order valence-corrected chi connectivity index (χ1v) is 5.54. The molecular weight excluding hydrogens is 244 g/mol. The molecule has 1 unspecified atom stereocenters. The highest BCUT2D eigenvalue weighted by atomic mass is 19.2. The minimum absolute atomic E-state index is 0.0189. The molecule has 1 aliphatic rings. The second-order valence-corrected chi connectivity index (χ2v) is 4.19. The third-order valence-electron chi connectivity index (χ3n) is 3.13. The van der Waals surface area contributed by atoms with Gasteiger partial charge in [-0.1, -0.05) is 0 Å². The number of halogens is 2. The summed E-state index contributed by atoms with van der Waals surface area (Å²) in [6.07, 6.45) is 0.734. The number of nitrogens with zero attached hydrogens (tertiary/aromatic N) is 1. The van der Waals surface area contributed by atoms with Gasteiger partial charge in [0, 0.05) is 13.7 Å². The molecule has 1 N–H and O–H groups in total. The molecule has 6 heteroatoms. The smallest absolute Gasteiger partial charge is 0.338 e. The molecule has 1 aromatic rings. The zero-order valence-electron chi connectivity index (χ0n) is 9.82. The highest BCUT2D eigenvalue weighted by Crippen LogP contribution is 2.26. The molecule has 0 amide bonds. The van der Waals surface area contributed by atoms with E-state index in [0.29, 0.717) is 13.2 Å². The lowest BCUT2D eigenvalue weighted by Crippen LogP contribution is -2.32. The van der Waals surface area contributed by atoms with E-state index in [0.717, 1.165) is 12.5 Å². The summed E-state index contributed by atoms with van der Waals surface area (Å²) in [6, 6.07) is 2.33. The Balaban J connectivity index is 2.34. The number of benzene rings is 1. The molecule has 2 rings (SSSR count). The maximum atomic E-state index is 13.8. The third-order valence-corrected chi connectivity index (χ3v) is 3.13. The van der Waals surface area contributed by atoms with Crippen LogP contribution < -0.4 is 4.90 Å². The molecule has 1 atom stereocenters. The summed E-state index contributed by atoms with van der Waals surface area (Å²) in [5.74, 6) is -3.94. The Morgan fingerprint density at radius 2 is 2.17 bits per heavy atom. The Hall–Kier alpha value is -1.69. The van der Waals surface area contributed by atoms with Gasteiger partial charge in [-0.05, 0) is 18.6 Å². The van der Waals surface area contributed by atoms with Crippen molar-refractivity contribution in [1.82, 2.24) is 0 Å². The van der Waals surface area contributed by atoms with Crippen LogP contribution in [0.3, 0.4) is 0 Å². The average molecular weight is 257 g/mol. The molecule has 4 nitrogen and oxygen atoms in total. The molecule has 0 bridgehead atoms. The van der Waals surface area contributed by atoms with Gasteiger partial charge in [-0.15, -0.1) is 0 Å². The minimum Gasteiger partial charge on any atom is -0.478 e. The molecule has 18 heavy (non-hydrogen) atoms. The lowest BCUT2D eigenvalue weighted by Gasteiger charge is -2.26. The van der Waals surface area contributed by atoms with Crippen LogP contribution in [0.1, 0.15) is 16.8 Å². The molecule has 98 valence electrons. The number of hydrogen-bond donors (Lipinski definition) is 1. The van der Waals surface area contributed by atoms with Gasteiger partial charge in [0.25, 0.3) is 0 Å². The Morgan fingerprint density at radius 3 is 2.72 bits per heavy atom. The molecule has 1 aromatic carbocycles. The normalized spacial score (nSPS) is 18.9. The van der Waals surface area contributed by atoms with Gasteiger partial charge in [-0.25, -0.2) is 13.6 Å². The van der Waals surface area contributed by atoms with E-state index in [1.165, 1.54) is 6.07 Å². The van der Waals surface area contributed by atoms with Crippen molar-refractivity contribution in [2.75, 3.05) is 25.2 Å². The molecular formula is C12H13F2NO3. The van der Waals surface area contributed by atoms with Crippen LogP contribution in [-0.4, -0.2) is 37.4 Å². The van der Waals surface area contributed by atoms with Crippen molar-refractivity contribution in [3.8, 4) is 0 Å². The van der Waals surface area contributed by atoms with E-state index >= 15 is 0 Å². The Labute approximate surface area is 103 Å². The maximum Gasteiger partial charge on any atom is 0.338 e. The van der Waals surface area contributed by atoms with Gasteiger partial charge in [0.15, 0.2) is 11.6 Å². The van der Waals surface area contributed by atoms with Crippen LogP contribution in [0, 0.1) is 11.6 Å². The van der Waals surface area contributed by atoms with Crippen molar-refractivity contribution in [2.24, 2.45) is 0 Å². The zero-order valence-corrected chi connectivity index (χ0v) is 9.82. The predicted octanol–water partition coefficient (Wildman–Crippen LogP) is 1.89. The van der Waals surface area contributed by atoms with Crippen molar-refractivity contribution in [2.45, 2.75) is 12.5 Å². The molecule has 1 saturated heterocycles. The third kappa shape index (κ3) is 2.15. The number of rotatable bonds is 3. The maximum absolute atomic E-state index is 13.8. The fraction of sp³-hybridized carbons (Fsp3) is 0.417. The quantitative estimate of drug-likeness (QED) is 0.898. The summed E-state index contributed by atoms with van der Waals surface area (Å²) in [5.41, 5.74) is -0.611. The standard InChI is InChI=1S/C12H13F2NO3/c1-15(7-4-5-18-6-7)9-3-2-8(12(16)17)10(13)11(9)14/h2-3,7H,4-6H2,1H3,(H,16,17). The number of carboxylic acids is 1. The fourth-order valence-electron chi connectivity index (χ4n) is 2.00. The molecule has 1 heterocycles. The highest BCUT2D eigenvalue weighted by molar-refractivity contribution is 5.88. The van der Waals surface area contributed by atoms with Crippen molar-refractivity contribution in [1.29, 1.82) is 0 Å². The molecule has 0 aromatic heterocycles. The monoisotopic (exact) mass is 257 g/mol. The van der Waals surface area contributed by atoms with E-state index in [1.54, 1.807) is 11.9 Å². The number of ether oxygens (including phenoxy) is 1. The van der Waals surface area contributed by atoms with E-state index in [4.69, 9.17) is 9.84 Å². The van der Waals surface area contributed by atoms with E-state index in [-0.39, 0.29) is 11.7 Å². The summed E-state index contributed by atoms with van der Waals surface area (Å²) in [5, 5.41) is 8.69. The van der Waals surface area contributed by atoms with Crippen LogP contribution in [0.15, 0.2) is 12.1 Å². The molecule has 1 aliphatic heterocycles. The van der Waals surface area contributed by atoms with Gasteiger partial charge in [-0.2, -0.15) is 0 Å². The van der Waals surface area contributed by atoms with Crippen LogP contribution in [0.2, 0.25) is 0 Å². The first-order valence-electron chi connectivity index (χ1n) is 5.54. The molecule has 1 fully saturated rings. The van der Waals surface area contributed by atoms with E-state index in [9.17, 15) is 13.6 Å². The Kier molecular flexibility index (Phi) is 3.47. The lowest BCUT2D eigenvalue weighted by molar-refractivity contribution is 0.0690. The van der Waals surface area contributed by atoms with E-state index < -0.39 is 23.2 Å². The van der Waals surface area contributed by atoms with Gasteiger partial charge in [0.2, 0.25) is 0 Å². The zero-order chi connectivity index (χ0) is 13.3. The van der Waals surface area contributed by atoms with Crippen LogP contribution >= 0.6 is 0 Å². The molecule has 0 radical (unpaired) electrons. The van der Waals surface area contributed by atoms with Gasteiger partial charge in [0.05, 0.1) is 23.9 Å². The predicted molar refractivity (Wildman–Crippen MR) is 60.9 cm³/mol. The lowest BCUT2D eigenvalue weighted by atomic mass is 10.1. The summed E-state index contributed by atoms with van der Waals surface area (Å²) in [4.78, 5) is 12.3. The van der Waals surface area contributed by atoms with E-state index in [1.807, 2.05) is 0 Å². The SMILES string of the molecule is CN(c1ccc(C(=O)O)c(F)c1F)C1CCOC1. The summed E-state index contributed by atoms with van der Waals surface area (Å²) >= 11 is 0. The number of hydrogen-bond acceptors (Lipinski definition) is 3. The highest BCUT2D eigenvalue weighted by Gasteiger charge is 2.25. The van der Waals surface area contributed by atoms with Crippen molar-refractivity contribution >= 4 is 11.7 Å². The fourth-order valence-corrected chi connectivity index (χ4v) is 2.00. The largest absolute Gasteiger partial charge is 0.478 e. The summed E-state index contributed by atoms with van der Waals surface area (Å²) in [6.45, 7) is 1.05. The van der Waals surface area contributed by atoms with Crippen LogP contribution in [0.25, 0.3) is 0 Å². The minimum atomic E-state index is -1.48. The van der Waals surface area contributed by atoms with E-state index in [2.05, 4.69) is 0 Å². The average Bonchev–Trinajstić information content (AvgIpc) is 2.85. The molecule has 0 saturated carbocycles. The number of likely N-dealkylation sites (N-methyl/N-ethyl adjacent to an activating group) is 1. The Bertz CT molecular complexity index is 473. The van der Waals surface area contributed by atoms with Crippen LogP contribution in [0.5, 0.6) is 0 Å². The summed E-state index contributed by atoms with van der Waals surface area (Å²) in [7, 11) is 1.64. The number of anilines is 1. The van der Waals surface area contributed by atoms with Gasteiger partial charge < -0.3 is 14.7 Å². The van der Waals surface area contributed by atoms with Crippen LogP contribution in [0.4, 0.5) is 14.5 Å². The van der Waals surface area contributed by atoms with Crippen LogP contribution in [-0.2, 0) is 4.74 Å². The number of carbonyl (C=O) groups is 1. The van der Waals surface area contributed by atoms with Gasteiger partial charge in [0.1, 0.15) is 0 Å². The number of aromatic carboxylic acids is 1. The van der Waals surface area contributed by atoms with Crippen molar-refractivity contribution in [3.05, 3.63) is 29.3 Å². The van der Waals surface area contributed by atoms with Crippen molar-refractivity contribution < 1.29 is 23.4 Å². The first-order chi connectivity index (χ1) is 8.52. The first kappa shape index (κ1) is 12.8. The molecule has 0 spiro atoms. The summed E-state index contributed by atoms with van der Waals surface area (Å²) < 4.78 is 32.5. The molecule has 0 aliphatic carbocycles. The van der Waals surface area contributed by atoms with Gasteiger partial charge >= 0.3 is 5.97 Å². The topological polar surface area (TPSA) is 49.8 Å².